The van der Waals surface area contributed by atoms with Crippen molar-refractivity contribution in [1.29, 1.82) is 0 Å². The summed E-state index contributed by atoms with van der Waals surface area (Å²) in [6.45, 7) is 8.46. The average Bonchev–Trinajstić information content (AvgIpc) is 2.28. The van der Waals surface area contributed by atoms with Crippen molar-refractivity contribution in [3.63, 3.8) is 0 Å². The molecule has 2 aliphatic rings. The summed E-state index contributed by atoms with van der Waals surface area (Å²) < 4.78 is 9.89. The number of rotatable bonds is 4. The van der Waals surface area contributed by atoms with Crippen molar-refractivity contribution in [3.8, 4) is 0 Å². The van der Waals surface area contributed by atoms with E-state index in [9.17, 15) is 9.59 Å². The minimum absolute atomic E-state index is 0.184. The van der Waals surface area contributed by atoms with Crippen LogP contribution in [0.1, 0.15) is 45.4 Å². The van der Waals surface area contributed by atoms with Gasteiger partial charge in [-0.05, 0) is 45.4 Å². The Balaban J connectivity index is 0.000000191. The minimum Gasteiger partial charge on any atom is -0.459 e. The molecule has 0 amide bonds. The van der Waals surface area contributed by atoms with Crippen LogP contribution < -0.4 is 0 Å². The van der Waals surface area contributed by atoms with E-state index in [1.165, 1.54) is 18.9 Å². The summed E-state index contributed by atoms with van der Waals surface area (Å²) >= 11 is 0. The predicted octanol–water partition coefficient (Wildman–Crippen LogP) is 2.93. The molecule has 4 nitrogen and oxygen atoms in total. The van der Waals surface area contributed by atoms with Crippen molar-refractivity contribution in [2.24, 2.45) is 0 Å². The molecule has 0 saturated heterocycles. The first-order chi connectivity index (χ1) is 9.02. The molecule has 0 N–H and O–H groups in total. The number of hydrogen-bond donors (Lipinski definition) is 0. The predicted molar refractivity (Wildman–Crippen MR) is 72.5 cm³/mol. The number of esters is 2. The highest BCUT2D eigenvalue weighted by atomic mass is 16.5. The molecule has 106 valence electrons. The third-order valence-corrected chi connectivity index (χ3v) is 3.18. The molecular formula is C15H22O4. The summed E-state index contributed by atoms with van der Waals surface area (Å²) in [4.78, 5) is 21.3. The zero-order valence-electron chi connectivity index (χ0n) is 11.5. The molecule has 0 radical (unpaired) electrons. The van der Waals surface area contributed by atoms with Gasteiger partial charge in [0.25, 0.3) is 0 Å². The standard InChI is InChI=1S/C8H12O2.C7H10O2/c1-6(2)8(9)10-7-4-3-5-7;1-2-7(8)9-6-4-3-5-6/h7H,1,3-5H2,2H3;2,6H,1,3-5H2. The zero-order valence-corrected chi connectivity index (χ0v) is 11.5. The van der Waals surface area contributed by atoms with Gasteiger partial charge in [0.05, 0.1) is 0 Å². The van der Waals surface area contributed by atoms with E-state index in [0.29, 0.717) is 5.57 Å². The number of ether oxygens (including phenoxy) is 2. The second-order valence-corrected chi connectivity index (χ2v) is 4.93. The van der Waals surface area contributed by atoms with Gasteiger partial charge in [-0.25, -0.2) is 9.59 Å². The van der Waals surface area contributed by atoms with E-state index in [4.69, 9.17) is 9.47 Å². The Labute approximate surface area is 114 Å². The van der Waals surface area contributed by atoms with Crippen LogP contribution in [0.3, 0.4) is 0 Å². The molecule has 0 aliphatic heterocycles. The van der Waals surface area contributed by atoms with E-state index in [0.717, 1.165) is 25.7 Å². The van der Waals surface area contributed by atoms with Crippen molar-refractivity contribution in [3.05, 3.63) is 24.8 Å². The largest absolute Gasteiger partial charge is 0.459 e. The Hall–Kier alpha value is -1.58. The molecule has 0 aromatic rings. The van der Waals surface area contributed by atoms with Gasteiger partial charge >= 0.3 is 11.9 Å². The van der Waals surface area contributed by atoms with Gasteiger partial charge in [-0.3, -0.25) is 0 Å². The molecule has 2 fully saturated rings. The minimum atomic E-state index is -0.292. The van der Waals surface area contributed by atoms with E-state index in [-0.39, 0.29) is 24.1 Å². The molecule has 4 heteroatoms. The fraction of sp³-hybridized carbons (Fsp3) is 0.600. The summed E-state index contributed by atoms with van der Waals surface area (Å²) in [5.41, 5.74) is 0.492. The normalized spacial score (nSPS) is 17.9. The lowest BCUT2D eigenvalue weighted by Gasteiger charge is -2.24. The third-order valence-electron chi connectivity index (χ3n) is 3.18. The highest BCUT2D eigenvalue weighted by Gasteiger charge is 2.21. The van der Waals surface area contributed by atoms with Crippen LogP contribution in [0.5, 0.6) is 0 Å². The summed E-state index contributed by atoms with van der Waals surface area (Å²) in [7, 11) is 0. The van der Waals surface area contributed by atoms with E-state index in [1.807, 2.05) is 0 Å². The highest BCUT2D eigenvalue weighted by molar-refractivity contribution is 5.87. The van der Waals surface area contributed by atoms with Gasteiger partial charge in [-0.1, -0.05) is 13.2 Å². The maximum Gasteiger partial charge on any atom is 0.333 e. The second-order valence-electron chi connectivity index (χ2n) is 4.93. The van der Waals surface area contributed by atoms with Crippen LogP contribution in [0.2, 0.25) is 0 Å². The van der Waals surface area contributed by atoms with Gasteiger partial charge in [0, 0.05) is 11.6 Å². The Morgan fingerprint density at radius 3 is 1.84 bits per heavy atom. The van der Waals surface area contributed by atoms with Crippen molar-refractivity contribution in [2.75, 3.05) is 0 Å². The molecule has 2 saturated carbocycles. The smallest absolute Gasteiger partial charge is 0.333 e. The molecule has 2 rings (SSSR count). The Bertz CT molecular complexity index is 351. The average molecular weight is 266 g/mol. The fourth-order valence-corrected chi connectivity index (χ4v) is 1.44. The number of carbonyl (C=O) groups excluding carboxylic acids is 2. The van der Waals surface area contributed by atoms with Crippen molar-refractivity contribution >= 4 is 11.9 Å². The lowest BCUT2D eigenvalue weighted by molar-refractivity contribution is -0.148. The fourth-order valence-electron chi connectivity index (χ4n) is 1.44. The van der Waals surface area contributed by atoms with E-state index in [1.54, 1.807) is 6.92 Å². The number of hydrogen-bond acceptors (Lipinski definition) is 4. The molecule has 19 heavy (non-hydrogen) atoms. The molecule has 0 spiro atoms. The van der Waals surface area contributed by atoms with Gasteiger partial charge in [-0.15, -0.1) is 0 Å². The molecular weight excluding hydrogens is 244 g/mol. The van der Waals surface area contributed by atoms with Crippen molar-refractivity contribution < 1.29 is 19.1 Å². The Morgan fingerprint density at radius 2 is 1.53 bits per heavy atom. The first-order valence-electron chi connectivity index (χ1n) is 6.72. The van der Waals surface area contributed by atoms with E-state index >= 15 is 0 Å². The maximum atomic E-state index is 10.8. The van der Waals surface area contributed by atoms with Crippen LogP contribution in [0.4, 0.5) is 0 Å². The van der Waals surface area contributed by atoms with Crippen LogP contribution in [0, 0.1) is 0 Å². The summed E-state index contributed by atoms with van der Waals surface area (Å²) in [5, 5.41) is 0. The zero-order chi connectivity index (χ0) is 14.3. The van der Waals surface area contributed by atoms with Crippen molar-refractivity contribution in [1.82, 2.24) is 0 Å². The second kappa shape index (κ2) is 7.77. The Kier molecular flexibility index (Phi) is 6.33. The van der Waals surface area contributed by atoms with Gasteiger partial charge < -0.3 is 9.47 Å². The molecule has 0 unspecified atom stereocenters. The molecule has 0 aromatic carbocycles. The van der Waals surface area contributed by atoms with Gasteiger partial charge in [0.2, 0.25) is 0 Å². The van der Waals surface area contributed by atoms with Crippen LogP contribution in [-0.4, -0.2) is 24.1 Å². The third kappa shape index (κ3) is 5.73. The molecule has 0 aromatic heterocycles. The molecule has 0 heterocycles. The van der Waals surface area contributed by atoms with Gasteiger partial charge in [-0.2, -0.15) is 0 Å². The van der Waals surface area contributed by atoms with Crippen LogP contribution in [0.25, 0.3) is 0 Å². The van der Waals surface area contributed by atoms with E-state index in [2.05, 4.69) is 13.2 Å². The summed E-state index contributed by atoms with van der Waals surface area (Å²) in [6.07, 6.45) is 8.07. The molecule has 0 bridgehead atoms. The lowest BCUT2D eigenvalue weighted by Crippen LogP contribution is -2.25. The summed E-state index contributed by atoms with van der Waals surface area (Å²) in [6, 6.07) is 0. The van der Waals surface area contributed by atoms with Gasteiger partial charge in [0.15, 0.2) is 0 Å². The van der Waals surface area contributed by atoms with Crippen LogP contribution in [0.15, 0.2) is 24.8 Å². The SMILES string of the molecule is C=C(C)C(=O)OC1CCC1.C=CC(=O)OC1CCC1. The van der Waals surface area contributed by atoms with E-state index < -0.39 is 0 Å². The first kappa shape index (κ1) is 15.5. The van der Waals surface area contributed by atoms with Crippen LogP contribution >= 0.6 is 0 Å². The Morgan fingerprint density at radius 1 is 1.05 bits per heavy atom. The molecule has 0 atom stereocenters. The van der Waals surface area contributed by atoms with Gasteiger partial charge in [0.1, 0.15) is 12.2 Å². The maximum absolute atomic E-state index is 10.8. The topological polar surface area (TPSA) is 52.6 Å². The van der Waals surface area contributed by atoms with Crippen molar-refractivity contribution in [2.45, 2.75) is 57.7 Å². The number of carbonyl (C=O) groups is 2. The monoisotopic (exact) mass is 266 g/mol. The summed E-state index contributed by atoms with van der Waals surface area (Å²) in [5.74, 6) is -0.538. The molecule has 2 aliphatic carbocycles. The first-order valence-corrected chi connectivity index (χ1v) is 6.72. The lowest BCUT2D eigenvalue weighted by atomic mass is 9.96. The highest BCUT2D eigenvalue weighted by Crippen LogP contribution is 2.22. The van der Waals surface area contributed by atoms with Crippen LogP contribution in [-0.2, 0) is 19.1 Å². The quantitative estimate of drug-likeness (QED) is 0.580.